The van der Waals surface area contributed by atoms with Crippen LogP contribution in [0.4, 0.5) is 4.39 Å². The molecule has 0 N–H and O–H groups in total. The molecule has 0 aliphatic carbocycles. The van der Waals surface area contributed by atoms with Gasteiger partial charge in [0.1, 0.15) is 5.82 Å². The number of thiol groups is 1. The number of carbonyl (C=O) groups excluding carboxylic acids is 1. The summed E-state index contributed by atoms with van der Waals surface area (Å²) in [5, 5.41) is -0.330. The molecule has 0 bridgehead atoms. The lowest BCUT2D eigenvalue weighted by atomic mass is 10.2. The maximum atomic E-state index is 12.9. The third kappa shape index (κ3) is 3.55. The molecule has 82 valence electrons. The second-order valence-electron chi connectivity index (χ2n) is 3.50. The molecule has 4 heteroatoms. The molecule has 0 aliphatic rings. The van der Waals surface area contributed by atoms with E-state index in [4.69, 9.17) is 0 Å². The van der Waals surface area contributed by atoms with Crippen molar-refractivity contribution >= 4 is 18.5 Å². The highest BCUT2D eigenvalue weighted by molar-refractivity contribution is 7.81. The maximum Gasteiger partial charge on any atom is 0.235 e. The van der Waals surface area contributed by atoms with Crippen LogP contribution in [0.2, 0.25) is 0 Å². The predicted molar refractivity (Wildman–Crippen MR) is 61.3 cm³/mol. The summed E-state index contributed by atoms with van der Waals surface area (Å²) in [7, 11) is 1.68. The quantitative estimate of drug-likeness (QED) is 0.784. The van der Waals surface area contributed by atoms with Crippen LogP contribution in [0.3, 0.4) is 0 Å². The Bertz CT molecular complexity index is 354. The van der Waals surface area contributed by atoms with Crippen molar-refractivity contribution in [2.45, 2.75) is 18.7 Å². The molecule has 0 saturated heterocycles. The highest BCUT2D eigenvalue weighted by Gasteiger charge is 2.13. The Morgan fingerprint density at radius 2 is 2.27 bits per heavy atom. The van der Waals surface area contributed by atoms with Crippen LogP contribution in [0.25, 0.3) is 0 Å². The number of hydrogen-bond acceptors (Lipinski definition) is 2. The molecule has 0 saturated carbocycles. The van der Waals surface area contributed by atoms with E-state index in [-0.39, 0.29) is 17.0 Å². The zero-order valence-corrected chi connectivity index (χ0v) is 9.67. The van der Waals surface area contributed by atoms with E-state index in [0.29, 0.717) is 6.54 Å². The number of benzene rings is 1. The number of halogens is 1. The van der Waals surface area contributed by atoms with Gasteiger partial charge in [-0.2, -0.15) is 12.6 Å². The van der Waals surface area contributed by atoms with Crippen LogP contribution in [0.5, 0.6) is 0 Å². The number of hydrogen-bond donors (Lipinski definition) is 1. The van der Waals surface area contributed by atoms with Crippen LogP contribution < -0.4 is 0 Å². The highest BCUT2D eigenvalue weighted by Crippen LogP contribution is 2.08. The molecule has 0 spiro atoms. The zero-order chi connectivity index (χ0) is 11.4. The van der Waals surface area contributed by atoms with Crippen molar-refractivity contribution in [1.82, 2.24) is 4.90 Å². The first-order valence-electron chi connectivity index (χ1n) is 4.68. The molecule has 0 aromatic heterocycles. The first-order valence-corrected chi connectivity index (χ1v) is 5.20. The first kappa shape index (κ1) is 12.0. The Kier molecular flexibility index (Phi) is 4.15. The normalized spacial score (nSPS) is 12.3. The molecule has 1 aromatic carbocycles. The van der Waals surface area contributed by atoms with Gasteiger partial charge in [-0.1, -0.05) is 12.1 Å². The van der Waals surface area contributed by atoms with E-state index >= 15 is 0 Å². The van der Waals surface area contributed by atoms with Crippen LogP contribution in [-0.2, 0) is 11.3 Å². The van der Waals surface area contributed by atoms with Gasteiger partial charge in [0, 0.05) is 13.6 Å². The second-order valence-corrected chi connectivity index (χ2v) is 4.27. The van der Waals surface area contributed by atoms with Gasteiger partial charge in [0.05, 0.1) is 5.25 Å². The largest absolute Gasteiger partial charge is 0.340 e. The Morgan fingerprint density at radius 1 is 1.60 bits per heavy atom. The van der Waals surface area contributed by atoms with E-state index in [1.165, 1.54) is 17.0 Å². The number of amides is 1. The van der Waals surface area contributed by atoms with Gasteiger partial charge in [0.2, 0.25) is 5.91 Å². The summed E-state index contributed by atoms with van der Waals surface area (Å²) < 4.78 is 12.9. The SMILES string of the molecule is CC(S)C(=O)N(C)Cc1cccc(F)c1. The summed E-state index contributed by atoms with van der Waals surface area (Å²) in [5.74, 6) is -0.352. The van der Waals surface area contributed by atoms with Gasteiger partial charge in [0.15, 0.2) is 0 Å². The Hall–Kier alpha value is -1.03. The van der Waals surface area contributed by atoms with E-state index < -0.39 is 0 Å². The van der Waals surface area contributed by atoms with Gasteiger partial charge in [-0.25, -0.2) is 4.39 Å². The van der Waals surface area contributed by atoms with E-state index in [2.05, 4.69) is 12.6 Å². The van der Waals surface area contributed by atoms with Crippen molar-refractivity contribution < 1.29 is 9.18 Å². The number of carbonyl (C=O) groups is 1. The van der Waals surface area contributed by atoms with Gasteiger partial charge in [-0.3, -0.25) is 4.79 Å². The minimum atomic E-state index is -0.330. The Labute approximate surface area is 94.5 Å². The van der Waals surface area contributed by atoms with Crippen molar-refractivity contribution in [1.29, 1.82) is 0 Å². The zero-order valence-electron chi connectivity index (χ0n) is 8.77. The third-order valence-corrected chi connectivity index (χ3v) is 2.26. The molecule has 1 unspecified atom stereocenters. The van der Waals surface area contributed by atoms with Crippen molar-refractivity contribution in [3.63, 3.8) is 0 Å². The summed E-state index contributed by atoms with van der Waals surface area (Å²) in [6.45, 7) is 2.12. The summed E-state index contributed by atoms with van der Waals surface area (Å²) in [4.78, 5) is 13.0. The molecular formula is C11H14FNOS. The van der Waals surface area contributed by atoms with Gasteiger partial charge >= 0.3 is 0 Å². The monoisotopic (exact) mass is 227 g/mol. The number of nitrogens with zero attached hydrogens (tertiary/aromatic N) is 1. The lowest BCUT2D eigenvalue weighted by molar-refractivity contribution is -0.129. The van der Waals surface area contributed by atoms with Crippen molar-refractivity contribution in [3.8, 4) is 0 Å². The molecule has 1 atom stereocenters. The molecule has 1 aromatic rings. The van der Waals surface area contributed by atoms with Gasteiger partial charge in [0.25, 0.3) is 0 Å². The van der Waals surface area contributed by atoms with E-state index in [9.17, 15) is 9.18 Å². The highest BCUT2D eigenvalue weighted by atomic mass is 32.1. The van der Waals surface area contributed by atoms with Crippen LogP contribution in [0, 0.1) is 5.82 Å². The average molecular weight is 227 g/mol. The minimum absolute atomic E-state index is 0.0670. The molecular weight excluding hydrogens is 213 g/mol. The van der Waals surface area contributed by atoms with Crippen LogP contribution >= 0.6 is 12.6 Å². The van der Waals surface area contributed by atoms with E-state index in [0.717, 1.165) is 5.56 Å². The molecule has 0 radical (unpaired) electrons. The minimum Gasteiger partial charge on any atom is -0.340 e. The molecule has 1 amide bonds. The fourth-order valence-electron chi connectivity index (χ4n) is 1.31. The molecule has 0 aliphatic heterocycles. The molecule has 0 fully saturated rings. The predicted octanol–water partition coefficient (Wildman–Crippen LogP) is 2.10. The fraction of sp³-hybridized carbons (Fsp3) is 0.364. The summed E-state index contributed by atoms with van der Waals surface area (Å²) in [6.07, 6.45) is 0. The standard InChI is InChI=1S/C11H14FNOS/c1-8(15)11(14)13(2)7-9-4-3-5-10(12)6-9/h3-6,8,15H,7H2,1-2H3. The lowest BCUT2D eigenvalue weighted by Crippen LogP contribution is -2.31. The number of rotatable bonds is 3. The van der Waals surface area contributed by atoms with Crippen molar-refractivity contribution in [2.24, 2.45) is 0 Å². The first-order chi connectivity index (χ1) is 7.00. The van der Waals surface area contributed by atoms with Crippen LogP contribution in [-0.4, -0.2) is 23.1 Å². The van der Waals surface area contributed by atoms with E-state index in [1.807, 2.05) is 0 Å². The molecule has 15 heavy (non-hydrogen) atoms. The van der Waals surface area contributed by atoms with Gasteiger partial charge in [-0.15, -0.1) is 0 Å². The van der Waals surface area contributed by atoms with Crippen LogP contribution in [0.15, 0.2) is 24.3 Å². The molecule has 2 nitrogen and oxygen atoms in total. The van der Waals surface area contributed by atoms with Gasteiger partial charge in [-0.05, 0) is 24.6 Å². The summed E-state index contributed by atoms with van der Waals surface area (Å²) >= 11 is 4.05. The summed E-state index contributed by atoms with van der Waals surface area (Å²) in [6, 6.07) is 6.22. The van der Waals surface area contributed by atoms with Crippen molar-refractivity contribution in [3.05, 3.63) is 35.6 Å². The Morgan fingerprint density at radius 3 is 2.80 bits per heavy atom. The second kappa shape index (κ2) is 5.16. The average Bonchev–Trinajstić information content (AvgIpc) is 2.16. The molecule has 0 heterocycles. The maximum absolute atomic E-state index is 12.9. The van der Waals surface area contributed by atoms with E-state index in [1.54, 1.807) is 26.1 Å². The summed E-state index contributed by atoms with van der Waals surface area (Å²) in [5.41, 5.74) is 0.778. The molecule has 1 rings (SSSR count). The topological polar surface area (TPSA) is 20.3 Å². The third-order valence-electron chi connectivity index (χ3n) is 2.04. The van der Waals surface area contributed by atoms with Gasteiger partial charge < -0.3 is 4.90 Å². The smallest absolute Gasteiger partial charge is 0.235 e. The Balaban J connectivity index is 2.66. The van der Waals surface area contributed by atoms with Crippen molar-refractivity contribution in [2.75, 3.05) is 7.05 Å². The fourth-order valence-corrected chi connectivity index (χ4v) is 1.50. The lowest BCUT2D eigenvalue weighted by Gasteiger charge is -2.18. The van der Waals surface area contributed by atoms with Crippen LogP contribution in [0.1, 0.15) is 12.5 Å².